The molecule has 0 bridgehead atoms. The standard InChI is InChI=1S/C10H14O8P2S/c1-18-8-4-2-7(3-5-8)10(11)21-9(20(15,16)17)6-19(12,13)14/h2-5,9H,6H2,1H3,(H2,12,13,14)(H2,15,16,17). The zero-order chi connectivity index (χ0) is 16.3. The van der Waals surface area contributed by atoms with E-state index in [9.17, 15) is 13.9 Å². The summed E-state index contributed by atoms with van der Waals surface area (Å²) >= 11 is 0.210. The number of carbonyl (C=O) groups is 1. The van der Waals surface area contributed by atoms with Gasteiger partial charge in [0.25, 0.3) is 0 Å². The number of carbonyl (C=O) groups excluding carboxylic acids is 1. The van der Waals surface area contributed by atoms with Crippen molar-refractivity contribution in [3.63, 3.8) is 0 Å². The van der Waals surface area contributed by atoms with Gasteiger partial charge in [-0.2, -0.15) is 0 Å². The van der Waals surface area contributed by atoms with Crippen LogP contribution in [0, 0.1) is 0 Å². The maximum absolute atomic E-state index is 11.9. The lowest BCUT2D eigenvalue weighted by molar-refractivity contribution is 0.108. The summed E-state index contributed by atoms with van der Waals surface area (Å²) in [4.78, 5) is 46.0. The summed E-state index contributed by atoms with van der Waals surface area (Å²) in [5.74, 6) is 0.498. The first-order chi connectivity index (χ1) is 9.53. The van der Waals surface area contributed by atoms with Gasteiger partial charge in [-0.1, -0.05) is 11.8 Å². The molecule has 0 spiro atoms. The molecule has 0 saturated heterocycles. The molecular formula is C10H14O8P2S. The van der Waals surface area contributed by atoms with Gasteiger partial charge < -0.3 is 24.3 Å². The Morgan fingerprint density at radius 2 is 1.71 bits per heavy atom. The highest BCUT2D eigenvalue weighted by Crippen LogP contribution is 2.53. The van der Waals surface area contributed by atoms with Crippen LogP contribution in [-0.4, -0.2) is 43.0 Å². The molecule has 0 amide bonds. The van der Waals surface area contributed by atoms with Gasteiger partial charge in [-0.3, -0.25) is 13.9 Å². The number of hydrogen-bond acceptors (Lipinski definition) is 5. The summed E-state index contributed by atoms with van der Waals surface area (Å²) < 4.78 is 27.0. The molecule has 0 aliphatic heterocycles. The first kappa shape index (κ1) is 18.4. The van der Waals surface area contributed by atoms with Crippen LogP contribution in [0.1, 0.15) is 10.4 Å². The second-order valence-corrected chi connectivity index (χ2v) is 9.05. The molecule has 0 heterocycles. The van der Waals surface area contributed by atoms with Crippen molar-refractivity contribution in [1.29, 1.82) is 0 Å². The minimum absolute atomic E-state index is 0.143. The van der Waals surface area contributed by atoms with Crippen LogP contribution in [0.5, 0.6) is 5.75 Å². The first-order valence-electron chi connectivity index (χ1n) is 5.48. The second kappa shape index (κ2) is 7.07. The van der Waals surface area contributed by atoms with Gasteiger partial charge in [0.2, 0.25) is 5.12 Å². The maximum Gasteiger partial charge on any atom is 0.339 e. The molecule has 1 unspecified atom stereocenters. The number of hydrogen-bond donors (Lipinski definition) is 4. The third-order valence-corrected chi connectivity index (χ3v) is 6.68. The van der Waals surface area contributed by atoms with Crippen LogP contribution >= 0.6 is 27.0 Å². The van der Waals surface area contributed by atoms with E-state index in [4.69, 9.17) is 24.3 Å². The number of thioether (sulfide) groups is 1. The van der Waals surface area contributed by atoms with Crippen molar-refractivity contribution >= 4 is 32.1 Å². The minimum atomic E-state index is -4.84. The molecule has 1 aromatic carbocycles. The summed E-state index contributed by atoms with van der Waals surface area (Å²) in [6.07, 6.45) is -1.08. The Kier molecular flexibility index (Phi) is 6.19. The maximum atomic E-state index is 11.9. The average Bonchev–Trinajstić information content (AvgIpc) is 2.35. The molecule has 1 aromatic rings. The largest absolute Gasteiger partial charge is 0.497 e. The fraction of sp³-hybridized carbons (Fsp3) is 0.300. The second-order valence-electron chi connectivity index (χ2n) is 4.02. The van der Waals surface area contributed by atoms with E-state index in [2.05, 4.69) is 0 Å². The molecule has 21 heavy (non-hydrogen) atoms. The Hall–Kier alpha value is -0.660. The van der Waals surface area contributed by atoms with E-state index in [0.29, 0.717) is 5.75 Å². The predicted molar refractivity (Wildman–Crippen MR) is 77.7 cm³/mol. The molecule has 118 valence electrons. The van der Waals surface area contributed by atoms with Crippen LogP contribution in [0.3, 0.4) is 0 Å². The topological polar surface area (TPSA) is 141 Å². The Morgan fingerprint density at radius 3 is 2.10 bits per heavy atom. The van der Waals surface area contributed by atoms with Gasteiger partial charge in [-0.25, -0.2) is 0 Å². The van der Waals surface area contributed by atoms with Gasteiger partial charge in [-0.05, 0) is 24.3 Å². The predicted octanol–water partition coefficient (Wildman–Crippen LogP) is 1.25. The molecule has 8 nitrogen and oxygen atoms in total. The fourth-order valence-corrected chi connectivity index (χ4v) is 5.47. The first-order valence-corrected chi connectivity index (χ1v) is 9.83. The van der Waals surface area contributed by atoms with Crippen molar-refractivity contribution < 1.29 is 38.2 Å². The van der Waals surface area contributed by atoms with Gasteiger partial charge in [-0.15, -0.1) is 0 Å². The molecule has 0 radical (unpaired) electrons. The molecule has 11 heteroatoms. The number of methoxy groups -OCH3 is 1. The molecule has 1 rings (SSSR count). The van der Waals surface area contributed by atoms with E-state index in [1.807, 2.05) is 0 Å². The van der Waals surface area contributed by atoms with Crippen molar-refractivity contribution in [2.75, 3.05) is 13.3 Å². The number of benzene rings is 1. The molecule has 1 atom stereocenters. The summed E-state index contributed by atoms with van der Waals surface area (Å²) in [6.45, 7) is 0. The van der Waals surface area contributed by atoms with Crippen LogP contribution in [0.15, 0.2) is 24.3 Å². The molecule has 0 aromatic heterocycles. The Morgan fingerprint density at radius 1 is 1.19 bits per heavy atom. The summed E-state index contributed by atoms with van der Waals surface area (Å²) in [6, 6.07) is 5.76. The lowest BCUT2D eigenvalue weighted by atomic mass is 10.2. The van der Waals surface area contributed by atoms with Gasteiger partial charge >= 0.3 is 15.2 Å². The normalized spacial score (nSPS) is 13.8. The SMILES string of the molecule is COc1ccc(C(=O)SC(CP(=O)(O)O)P(=O)(O)O)cc1. The Bertz CT molecular complexity index is 590. The number of rotatable bonds is 6. The molecule has 4 N–H and O–H groups in total. The molecule has 0 fully saturated rings. The summed E-state index contributed by atoms with van der Waals surface area (Å²) in [5, 5.41) is -0.695. The molecule has 0 saturated carbocycles. The van der Waals surface area contributed by atoms with Gasteiger partial charge in [0.05, 0.1) is 13.3 Å². The van der Waals surface area contributed by atoms with Crippen molar-refractivity contribution in [2.24, 2.45) is 0 Å². The van der Waals surface area contributed by atoms with Gasteiger partial charge in [0.15, 0.2) is 0 Å². The molecule has 0 aliphatic carbocycles. The Labute approximate surface area is 124 Å². The lowest BCUT2D eigenvalue weighted by Gasteiger charge is -2.17. The van der Waals surface area contributed by atoms with E-state index < -0.39 is 31.5 Å². The van der Waals surface area contributed by atoms with Crippen molar-refractivity contribution in [1.82, 2.24) is 0 Å². The third kappa shape index (κ3) is 6.32. The van der Waals surface area contributed by atoms with E-state index in [1.165, 1.54) is 31.4 Å². The lowest BCUT2D eigenvalue weighted by Crippen LogP contribution is -2.13. The van der Waals surface area contributed by atoms with Crippen LogP contribution in [-0.2, 0) is 9.13 Å². The van der Waals surface area contributed by atoms with E-state index >= 15 is 0 Å². The average molecular weight is 356 g/mol. The quantitative estimate of drug-likeness (QED) is 0.554. The van der Waals surface area contributed by atoms with Crippen molar-refractivity contribution in [2.45, 2.75) is 4.99 Å². The highest BCUT2D eigenvalue weighted by molar-refractivity contribution is 8.18. The zero-order valence-corrected chi connectivity index (χ0v) is 13.4. The van der Waals surface area contributed by atoms with Crippen LogP contribution < -0.4 is 4.74 Å². The zero-order valence-electron chi connectivity index (χ0n) is 10.8. The molecular weight excluding hydrogens is 342 g/mol. The minimum Gasteiger partial charge on any atom is -0.497 e. The Balaban J connectivity index is 2.89. The highest BCUT2D eigenvalue weighted by Gasteiger charge is 2.37. The van der Waals surface area contributed by atoms with Crippen LogP contribution in [0.4, 0.5) is 0 Å². The molecule has 0 aliphatic rings. The van der Waals surface area contributed by atoms with E-state index in [0.717, 1.165) is 0 Å². The van der Waals surface area contributed by atoms with Gasteiger partial charge in [0, 0.05) is 5.56 Å². The highest BCUT2D eigenvalue weighted by atomic mass is 32.2. The van der Waals surface area contributed by atoms with Crippen LogP contribution in [0.2, 0.25) is 0 Å². The summed E-state index contributed by atoms with van der Waals surface area (Å²) in [7, 11) is -8.06. The fourth-order valence-electron chi connectivity index (χ4n) is 1.33. The monoisotopic (exact) mass is 356 g/mol. The third-order valence-electron chi connectivity index (χ3n) is 2.34. The van der Waals surface area contributed by atoms with Crippen molar-refractivity contribution in [3.05, 3.63) is 29.8 Å². The number of ether oxygens (including phenoxy) is 1. The van der Waals surface area contributed by atoms with E-state index in [-0.39, 0.29) is 17.3 Å². The van der Waals surface area contributed by atoms with E-state index in [1.54, 1.807) is 0 Å². The summed E-state index contributed by atoms with van der Waals surface area (Å²) in [5.41, 5.74) is 0.143. The smallest absolute Gasteiger partial charge is 0.339 e. The van der Waals surface area contributed by atoms with Crippen molar-refractivity contribution in [3.8, 4) is 5.75 Å². The van der Waals surface area contributed by atoms with Gasteiger partial charge in [0.1, 0.15) is 10.7 Å². The van der Waals surface area contributed by atoms with Crippen LogP contribution in [0.25, 0.3) is 0 Å².